The number of carbonyl (C=O) groups is 2. The molecule has 0 aliphatic heterocycles. The highest BCUT2D eigenvalue weighted by Gasteiger charge is 2.14. The van der Waals surface area contributed by atoms with Crippen LogP contribution in [0.2, 0.25) is 0 Å². The lowest BCUT2D eigenvalue weighted by Crippen LogP contribution is -2.21. The van der Waals surface area contributed by atoms with Crippen molar-refractivity contribution >= 4 is 39.2 Å². The fourth-order valence-corrected chi connectivity index (χ4v) is 2.30. The molecule has 0 aliphatic rings. The number of nitrogens with two attached hydrogens (primary N) is 1. The third-order valence-electron chi connectivity index (χ3n) is 3.22. The van der Waals surface area contributed by atoms with Crippen LogP contribution < -0.4 is 11.1 Å². The molecule has 0 bridgehead atoms. The zero-order chi connectivity index (χ0) is 16.8. The summed E-state index contributed by atoms with van der Waals surface area (Å²) in [5.41, 5.74) is 8.08. The van der Waals surface area contributed by atoms with Crippen LogP contribution in [-0.4, -0.2) is 18.5 Å². The summed E-state index contributed by atoms with van der Waals surface area (Å²) in [5, 5.41) is 2.67. The van der Waals surface area contributed by atoms with Gasteiger partial charge in [0.1, 0.15) is 0 Å². The minimum Gasteiger partial charge on any atom is -0.452 e. The molecule has 0 radical (unpaired) electrons. The summed E-state index contributed by atoms with van der Waals surface area (Å²) in [5.74, 6) is -1.04. The van der Waals surface area contributed by atoms with Crippen molar-refractivity contribution in [1.29, 1.82) is 0 Å². The summed E-state index contributed by atoms with van der Waals surface area (Å²) < 4.78 is 5.70. The van der Waals surface area contributed by atoms with E-state index in [0.717, 1.165) is 6.42 Å². The third-order valence-corrected chi connectivity index (χ3v) is 3.71. The zero-order valence-corrected chi connectivity index (χ0v) is 14.2. The predicted molar refractivity (Wildman–Crippen MR) is 93.3 cm³/mol. The first-order chi connectivity index (χ1) is 11.0. The Kier molecular flexibility index (Phi) is 5.76. The molecule has 6 heteroatoms. The van der Waals surface area contributed by atoms with Crippen LogP contribution in [0.5, 0.6) is 0 Å². The Morgan fingerprint density at radius 3 is 2.52 bits per heavy atom. The number of ether oxygens (including phenoxy) is 1. The van der Waals surface area contributed by atoms with E-state index in [1.807, 2.05) is 24.3 Å². The fourth-order valence-electron chi connectivity index (χ4n) is 1.93. The minimum absolute atomic E-state index is 0.222. The highest BCUT2D eigenvalue weighted by Crippen LogP contribution is 2.19. The monoisotopic (exact) mass is 376 g/mol. The van der Waals surface area contributed by atoms with E-state index in [1.165, 1.54) is 5.56 Å². The summed E-state index contributed by atoms with van der Waals surface area (Å²) in [7, 11) is 0. The SMILES string of the molecule is CCc1ccc(NC(=O)COC(=O)c2cc(Br)ccc2N)cc1. The maximum atomic E-state index is 12.0. The molecule has 23 heavy (non-hydrogen) atoms. The molecule has 2 aromatic carbocycles. The number of hydrogen-bond donors (Lipinski definition) is 2. The maximum Gasteiger partial charge on any atom is 0.340 e. The number of nitrogen functional groups attached to an aromatic ring is 1. The van der Waals surface area contributed by atoms with E-state index >= 15 is 0 Å². The normalized spacial score (nSPS) is 10.2. The van der Waals surface area contributed by atoms with Crippen molar-refractivity contribution in [2.24, 2.45) is 0 Å². The van der Waals surface area contributed by atoms with Crippen LogP contribution in [-0.2, 0) is 16.0 Å². The van der Waals surface area contributed by atoms with Crippen LogP contribution in [0.4, 0.5) is 11.4 Å². The number of rotatable bonds is 5. The third kappa shape index (κ3) is 4.82. The number of hydrogen-bond acceptors (Lipinski definition) is 4. The first kappa shape index (κ1) is 17.0. The maximum absolute atomic E-state index is 12.0. The molecule has 0 spiro atoms. The van der Waals surface area contributed by atoms with Gasteiger partial charge in [-0.05, 0) is 42.3 Å². The van der Waals surface area contributed by atoms with Crippen LogP contribution in [0.1, 0.15) is 22.8 Å². The quantitative estimate of drug-likeness (QED) is 0.618. The molecule has 2 aromatic rings. The molecule has 0 saturated carbocycles. The largest absolute Gasteiger partial charge is 0.452 e. The number of anilines is 2. The van der Waals surface area contributed by atoms with Gasteiger partial charge in [0.25, 0.3) is 5.91 Å². The first-order valence-electron chi connectivity index (χ1n) is 7.10. The van der Waals surface area contributed by atoms with Crippen molar-refractivity contribution in [2.75, 3.05) is 17.7 Å². The van der Waals surface area contributed by atoms with E-state index in [0.29, 0.717) is 15.8 Å². The molecule has 0 heterocycles. The van der Waals surface area contributed by atoms with Crippen molar-refractivity contribution in [2.45, 2.75) is 13.3 Å². The predicted octanol–water partition coefficient (Wildman–Crippen LogP) is 3.39. The molecule has 0 fully saturated rings. The van der Waals surface area contributed by atoms with Crippen molar-refractivity contribution in [1.82, 2.24) is 0 Å². The molecule has 0 saturated heterocycles. The van der Waals surface area contributed by atoms with E-state index in [9.17, 15) is 9.59 Å². The summed E-state index contributed by atoms with van der Waals surface area (Å²) in [4.78, 5) is 23.8. The Morgan fingerprint density at radius 1 is 1.17 bits per heavy atom. The second-order valence-electron chi connectivity index (χ2n) is 4.91. The van der Waals surface area contributed by atoms with Gasteiger partial charge in [0.2, 0.25) is 0 Å². The topological polar surface area (TPSA) is 81.4 Å². The second kappa shape index (κ2) is 7.78. The molecule has 1 amide bonds. The van der Waals surface area contributed by atoms with Crippen LogP contribution in [0.3, 0.4) is 0 Å². The number of carbonyl (C=O) groups excluding carboxylic acids is 2. The lowest BCUT2D eigenvalue weighted by molar-refractivity contribution is -0.119. The summed E-state index contributed by atoms with van der Waals surface area (Å²) in [6.07, 6.45) is 0.930. The first-order valence-corrected chi connectivity index (χ1v) is 7.90. The molecule has 5 nitrogen and oxygen atoms in total. The van der Waals surface area contributed by atoms with Crippen LogP contribution in [0, 0.1) is 0 Å². The Bertz CT molecular complexity index is 714. The lowest BCUT2D eigenvalue weighted by atomic mass is 10.1. The van der Waals surface area contributed by atoms with Crippen molar-refractivity contribution in [3.05, 3.63) is 58.1 Å². The van der Waals surface area contributed by atoms with Gasteiger partial charge < -0.3 is 15.8 Å². The van der Waals surface area contributed by atoms with Gasteiger partial charge in [-0.2, -0.15) is 0 Å². The molecule has 2 rings (SSSR count). The van der Waals surface area contributed by atoms with Gasteiger partial charge in [0, 0.05) is 15.8 Å². The van der Waals surface area contributed by atoms with Gasteiger partial charge in [0.05, 0.1) is 5.56 Å². The summed E-state index contributed by atoms with van der Waals surface area (Å²) in [6.45, 7) is 1.68. The molecule has 120 valence electrons. The van der Waals surface area contributed by atoms with Crippen molar-refractivity contribution in [3.63, 3.8) is 0 Å². The number of benzene rings is 2. The average molecular weight is 377 g/mol. The lowest BCUT2D eigenvalue weighted by Gasteiger charge is -2.08. The number of halogens is 1. The molecule has 0 aliphatic carbocycles. The molecular formula is C17H17BrN2O3. The van der Waals surface area contributed by atoms with Crippen LogP contribution in [0.15, 0.2) is 46.9 Å². The zero-order valence-electron chi connectivity index (χ0n) is 12.6. The molecule has 0 unspecified atom stereocenters. The number of nitrogens with one attached hydrogen (secondary N) is 1. The smallest absolute Gasteiger partial charge is 0.340 e. The van der Waals surface area contributed by atoms with Crippen molar-refractivity contribution in [3.8, 4) is 0 Å². The Balaban J connectivity index is 1.90. The van der Waals surface area contributed by atoms with Gasteiger partial charge in [-0.3, -0.25) is 4.79 Å². The molecule has 0 atom stereocenters. The van der Waals surface area contributed by atoms with Gasteiger partial charge >= 0.3 is 5.97 Å². The number of aryl methyl sites for hydroxylation is 1. The van der Waals surface area contributed by atoms with Crippen LogP contribution >= 0.6 is 15.9 Å². The minimum atomic E-state index is -0.639. The standard InChI is InChI=1S/C17H17BrN2O3/c1-2-11-3-6-13(7-4-11)20-16(21)10-23-17(22)14-9-12(18)5-8-15(14)19/h3-9H,2,10,19H2,1H3,(H,20,21). The van der Waals surface area contributed by atoms with E-state index < -0.39 is 11.9 Å². The Labute approximate surface area is 143 Å². The molecule has 3 N–H and O–H groups in total. The fraction of sp³-hybridized carbons (Fsp3) is 0.176. The molecular weight excluding hydrogens is 360 g/mol. The number of amides is 1. The van der Waals surface area contributed by atoms with Gasteiger partial charge in [-0.1, -0.05) is 35.0 Å². The van der Waals surface area contributed by atoms with E-state index in [2.05, 4.69) is 28.2 Å². The Hall–Kier alpha value is -2.34. The Morgan fingerprint density at radius 2 is 1.87 bits per heavy atom. The van der Waals surface area contributed by atoms with E-state index in [1.54, 1.807) is 18.2 Å². The van der Waals surface area contributed by atoms with Crippen LogP contribution in [0.25, 0.3) is 0 Å². The average Bonchev–Trinajstić information content (AvgIpc) is 2.55. The summed E-state index contributed by atoms with van der Waals surface area (Å²) >= 11 is 3.26. The van der Waals surface area contributed by atoms with E-state index in [4.69, 9.17) is 10.5 Å². The summed E-state index contributed by atoms with van der Waals surface area (Å²) in [6, 6.07) is 12.4. The number of esters is 1. The highest BCUT2D eigenvalue weighted by molar-refractivity contribution is 9.10. The van der Waals surface area contributed by atoms with Crippen molar-refractivity contribution < 1.29 is 14.3 Å². The molecule has 0 aromatic heterocycles. The van der Waals surface area contributed by atoms with Gasteiger partial charge in [-0.15, -0.1) is 0 Å². The highest BCUT2D eigenvalue weighted by atomic mass is 79.9. The van der Waals surface area contributed by atoms with E-state index in [-0.39, 0.29) is 12.2 Å². The van der Waals surface area contributed by atoms with Gasteiger partial charge in [-0.25, -0.2) is 4.79 Å². The van der Waals surface area contributed by atoms with Gasteiger partial charge in [0.15, 0.2) is 6.61 Å². The second-order valence-corrected chi connectivity index (χ2v) is 5.82.